The summed E-state index contributed by atoms with van der Waals surface area (Å²) in [6, 6.07) is -0.396. The van der Waals surface area contributed by atoms with Gasteiger partial charge < -0.3 is 14.4 Å². The lowest BCUT2D eigenvalue weighted by Crippen LogP contribution is -2.46. The van der Waals surface area contributed by atoms with E-state index in [2.05, 4.69) is 14.8 Å². The quantitative estimate of drug-likeness (QED) is 0.708. The van der Waals surface area contributed by atoms with Gasteiger partial charge in [-0.3, -0.25) is 14.5 Å². The maximum absolute atomic E-state index is 12.5. The molecule has 4 rings (SSSR count). The number of hydrogen-bond acceptors (Lipinski definition) is 5. The Hall–Kier alpha value is -2.45. The number of likely N-dealkylation sites (tertiary alicyclic amines) is 1. The Balaban J connectivity index is 1.35. The Labute approximate surface area is 145 Å². The fourth-order valence-corrected chi connectivity index (χ4v) is 3.92. The summed E-state index contributed by atoms with van der Waals surface area (Å²) < 4.78 is 2.22. The van der Waals surface area contributed by atoms with Gasteiger partial charge >= 0.3 is 6.03 Å². The van der Waals surface area contributed by atoms with Crippen molar-refractivity contribution in [3.63, 3.8) is 0 Å². The van der Waals surface area contributed by atoms with Crippen LogP contribution in [0.5, 0.6) is 0 Å². The number of nitrogens with zero attached hydrogens (tertiary/aromatic N) is 6. The van der Waals surface area contributed by atoms with Gasteiger partial charge in [-0.2, -0.15) is 0 Å². The van der Waals surface area contributed by atoms with E-state index in [1.807, 2.05) is 0 Å². The SMILES string of the molecule is CN1CC(=O)N(CC(=O)N2CCC(c3nnc4n3CCC4)CC2)C1=O. The van der Waals surface area contributed by atoms with E-state index >= 15 is 0 Å². The van der Waals surface area contributed by atoms with Gasteiger partial charge in [0.15, 0.2) is 0 Å². The van der Waals surface area contributed by atoms with Crippen LogP contribution in [0.4, 0.5) is 4.79 Å². The molecule has 3 aliphatic rings. The summed E-state index contributed by atoms with van der Waals surface area (Å²) in [6.07, 6.45) is 3.80. The van der Waals surface area contributed by atoms with Gasteiger partial charge in [0.25, 0.3) is 5.91 Å². The largest absolute Gasteiger partial charge is 0.341 e. The Bertz CT molecular complexity index is 721. The van der Waals surface area contributed by atoms with Gasteiger partial charge in [-0.25, -0.2) is 4.79 Å². The highest BCUT2D eigenvalue weighted by Crippen LogP contribution is 2.29. The minimum absolute atomic E-state index is 0.0478. The molecule has 3 aliphatic heterocycles. The van der Waals surface area contributed by atoms with Crippen molar-refractivity contribution < 1.29 is 14.4 Å². The van der Waals surface area contributed by atoms with Crippen LogP contribution < -0.4 is 0 Å². The Morgan fingerprint density at radius 2 is 1.92 bits per heavy atom. The Kier molecular flexibility index (Phi) is 3.93. The Morgan fingerprint density at radius 3 is 2.60 bits per heavy atom. The lowest BCUT2D eigenvalue weighted by molar-refractivity contribution is -0.137. The molecule has 4 heterocycles. The molecule has 2 saturated heterocycles. The Morgan fingerprint density at radius 1 is 1.16 bits per heavy atom. The van der Waals surface area contributed by atoms with E-state index in [0.717, 1.165) is 48.8 Å². The highest BCUT2D eigenvalue weighted by Gasteiger charge is 2.36. The van der Waals surface area contributed by atoms with Crippen LogP contribution in [0.1, 0.15) is 36.8 Å². The molecule has 0 radical (unpaired) electrons. The van der Waals surface area contributed by atoms with Crippen LogP contribution in [0.25, 0.3) is 0 Å². The van der Waals surface area contributed by atoms with Crippen LogP contribution in [0.3, 0.4) is 0 Å². The van der Waals surface area contributed by atoms with Crippen molar-refractivity contribution in [3.8, 4) is 0 Å². The van der Waals surface area contributed by atoms with Crippen LogP contribution in [0, 0.1) is 0 Å². The topological polar surface area (TPSA) is 91.6 Å². The molecule has 1 aromatic heterocycles. The van der Waals surface area contributed by atoms with Gasteiger partial charge in [-0.1, -0.05) is 0 Å². The number of rotatable bonds is 3. The third-order valence-electron chi connectivity index (χ3n) is 5.38. The molecule has 9 nitrogen and oxygen atoms in total. The highest BCUT2D eigenvalue weighted by molar-refractivity contribution is 6.04. The zero-order chi connectivity index (χ0) is 17.6. The minimum Gasteiger partial charge on any atom is -0.341 e. The van der Waals surface area contributed by atoms with Gasteiger partial charge in [0.1, 0.15) is 24.7 Å². The fourth-order valence-electron chi connectivity index (χ4n) is 3.92. The van der Waals surface area contributed by atoms with Gasteiger partial charge in [0.2, 0.25) is 5.91 Å². The number of imide groups is 1. The van der Waals surface area contributed by atoms with Gasteiger partial charge in [0.05, 0.1) is 0 Å². The molecule has 0 bridgehead atoms. The third-order valence-corrected chi connectivity index (χ3v) is 5.38. The molecule has 134 valence electrons. The van der Waals surface area contributed by atoms with E-state index in [-0.39, 0.29) is 24.9 Å². The summed E-state index contributed by atoms with van der Waals surface area (Å²) >= 11 is 0. The van der Waals surface area contributed by atoms with Crippen LogP contribution in [0.15, 0.2) is 0 Å². The molecule has 9 heteroatoms. The lowest BCUT2D eigenvalue weighted by Gasteiger charge is -2.32. The van der Waals surface area contributed by atoms with E-state index in [1.165, 1.54) is 4.90 Å². The molecule has 0 saturated carbocycles. The molecule has 0 aromatic carbocycles. The number of likely N-dealkylation sites (N-methyl/N-ethyl adjacent to an activating group) is 1. The summed E-state index contributed by atoms with van der Waals surface area (Å²) in [5.74, 6) is 1.97. The molecule has 0 N–H and O–H groups in total. The van der Waals surface area contributed by atoms with Crippen molar-refractivity contribution in [1.29, 1.82) is 0 Å². The molecule has 0 aliphatic carbocycles. The van der Waals surface area contributed by atoms with E-state index < -0.39 is 6.03 Å². The zero-order valence-corrected chi connectivity index (χ0v) is 14.3. The molecule has 0 spiro atoms. The van der Waals surface area contributed by atoms with E-state index in [9.17, 15) is 14.4 Å². The first kappa shape index (κ1) is 16.0. The maximum atomic E-state index is 12.5. The first-order valence-electron chi connectivity index (χ1n) is 8.80. The van der Waals surface area contributed by atoms with Crippen molar-refractivity contribution in [3.05, 3.63) is 11.6 Å². The first-order valence-corrected chi connectivity index (χ1v) is 8.80. The zero-order valence-electron chi connectivity index (χ0n) is 14.3. The number of urea groups is 1. The second kappa shape index (κ2) is 6.12. The monoisotopic (exact) mass is 346 g/mol. The summed E-state index contributed by atoms with van der Waals surface area (Å²) in [4.78, 5) is 40.3. The van der Waals surface area contributed by atoms with Gasteiger partial charge in [-0.05, 0) is 19.3 Å². The normalized spacial score (nSPS) is 21.4. The van der Waals surface area contributed by atoms with Crippen LogP contribution in [-0.2, 0) is 22.6 Å². The first-order chi connectivity index (χ1) is 12.0. The molecule has 0 atom stereocenters. The van der Waals surface area contributed by atoms with Gasteiger partial charge in [0, 0.05) is 39.0 Å². The molecule has 0 unspecified atom stereocenters. The predicted octanol–water partition coefficient (Wildman–Crippen LogP) is -0.176. The van der Waals surface area contributed by atoms with Crippen molar-refractivity contribution >= 4 is 17.8 Å². The maximum Gasteiger partial charge on any atom is 0.327 e. The van der Waals surface area contributed by atoms with E-state index in [1.54, 1.807) is 11.9 Å². The van der Waals surface area contributed by atoms with E-state index in [0.29, 0.717) is 19.0 Å². The summed E-state index contributed by atoms with van der Waals surface area (Å²) in [6.45, 7) is 2.12. The summed E-state index contributed by atoms with van der Waals surface area (Å²) in [5.41, 5.74) is 0. The highest BCUT2D eigenvalue weighted by atomic mass is 16.2. The molecular weight excluding hydrogens is 324 g/mol. The number of carbonyl (C=O) groups excluding carboxylic acids is 3. The second-order valence-electron chi connectivity index (χ2n) is 7.00. The summed E-state index contributed by atoms with van der Waals surface area (Å²) in [5, 5.41) is 8.61. The molecule has 2 fully saturated rings. The lowest BCUT2D eigenvalue weighted by atomic mass is 9.96. The average molecular weight is 346 g/mol. The number of piperidine rings is 1. The molecular formula is C16H22N6O3. The molecule has 1 aromatic rings. The van der Waals surface area contributed by atoms with Crippen LogP contribution in [0.2, 0.25) is 0 Å². The molecule has 25 heavy (non-hydrogen) atoms. The number of fused-ring (bicyclic) bond motifs is 1. The van der Waals surface area contributed by atoms with Crippen LogP contribution >= 0.6 is 0 Å². The van der Waals surface area contributed by atoms with Crippen molar-refractivity contribution in [1.82, 2.24) is 29.5 Å². The smallest absolute Gasteiger partial charge is 0.327 e. The number of aryl methyl sites for hydroxylation is 1. The van der Waals surface area contributed by atoms with Crippen molar-refractivity contribution in [2.75, 3.05) is 33.2 Å². The van der Waals surface area contributed by atoms with Crippen molar-refractivity contribution in [2.45, 2.75) is 38.1 Å². The van der Waals surface area contributed by atoms with Crippen LogP contribution in [-0.4, -0.2) is 80.5 Å². The van der Waals surface area contributed by atoms with Crippen molar-refractivity contribution in [2.24, 2.45) is 0 Å². The summed E-state index contributed by atoms with van der Waals surface area (Å²) in [7, 11) is 1.56. The fraction of sp³-hybridized carbons (Fsp3) is 0.688. The number of carbonyl (C=O) groups is 3. The second-order valence-corrected chi connectivity index (χ2v) is 7.00. The number of amides is 4. The predicted molar refractivity (Wildman–Crippen MR) is 86.6 cm³/mol. The molecule has 4 amide bonds. The number of hydrogen-bond donors (Lipinski definition) is 0. The average Bonchev–Trinajstić information content (AvgIpc) is 3.27. The number of aromatic nitrogens is 3. The standard InChI is InChI=1S/C16H22N6O3/c1-19-9-14(24)22(16(19)25)10-13(23)20-7-4-11(5-8-20)15-18-17-12-3-2-6-21(12)15/h11H,2-10H2,1H3. The van der Waals surface area contributed by atoms with Gasteiger partial charge in [-0.15, -0.1) is 10.2 Å². The van der Waals surface area contributed by atoms with E-state index in [4.69, 9.17) is 0 Å². The third kappa shape index (κ3) is 2.77. The minimum atomic E-state index is -0.396.